The van der Waals surface area contributed by atoms with Crippen molar-refractivity contribution in [3.05, 3.63) is 71.9 Å². The van der Waals surface area contributed by atoms with E-state index in [1.165, 1.54) is 43.2 Å². The maximum Gasteiger partial charge on any atom is 0.224 e. The summed E-state index contributed by atoms with van der Waals surface area (Å²) in [4.78, 5) is 9.33. The van der Waals surface area contributed by atoms with Crippen molar-refractivity contribution in [2.24, 2.45) is 5.92 Å². The van der Waals surface area contributed by atoms with Gasteiger partial charge in [-0.15, -0.1) is 10.2 Å². The Labute approximate surface area is 193 Å². The second kappa shape index (κ2) is 10.2. The average Bonchev–Trinajstić information content (AvgIpc) is 3.40. The van der Waals surface area contributed by atoms with Crippen LogP contribution in [0.2, 0.25) is 0 Å². The van der Waals surface area contributed by atoms with Gasteiger partial charge in [0.05, 0.1) is 5.56 Å². The summed E-state index contributed by atoms with van der Waals surface area (Å²) >= 11 is 0. The van der Waals surface area contributed by atoms with Crippen LogP contribution >= 0.6 is 0 Å². The van der Waals surface area contributed by atoms with Crippen LogP contribution in [0.1, 0.15) is 43.2 Å². The Morgan fingerprint density at radius 3 is 2.58 bits per heavy atom. The van der Waals surface area contributed by atoms with E-state index in [0.717, 1.165) is 18.7 Å². The molecule has 1 fully saturated rings. The number of benzene rings is 2. The lowest BCUT2D eigenvalue weighted by atomic mass is 9.89. The number of hydrogen-bond donors (Lipinski definition) is 3. The van der Waals surface area contributed by atoms with Crippen molar-refractivity contribution in [1.29, 1.82) is 0 Å². The van der Waals surface area contributed by atoms with Crippen molar-refractivity contribution < 1.29 is 0 Å². The molecule has 1 aliphatic rings. The summed E-state index contributed by atoms with van der Waals surface area (Å²) in [6.45, 7) is 0.894. The predicted octanol–water partition coefficient (Wildman–Crippen LogP) is 4.98. The number of aromatic nitrogens is 6. The first-order chi connectivity index (χ1) is 16.3. The average molecular weight is 441 g/mol. The number of aromatic amines is 1. The molecule has 168 valence electrons. The normalized spacial score (nSPS) is 14.2. The van der Waals surface area contributed by atoms with E-state index in [2.05, 4.69) is 78.7 Å². The first kappa shape index (κ1) is 21.1. The van der Waals surface area contributed by atoms with Crippen molar-refractivity contribution in [3.8, 4) is 11.4 Å². The minimum Gasteiger partial charge on any atom is -0.354 e. The SMILES string of the molecule is c1ccc(Cc2ccccc2Nc2nc(NCC3CCCCC3)ncc2-c2nn[nH]n2)cc1. The van der Waals surface area contributed by atoms with Crippen molar-refractivity contribution in [1.82, 2.24) is 30.6 Å². The molecule has 0 unspecified atom stereocenters. The maximum atomic E-state index is 4.80. The van der Waals surface area contributed by atoms with Gasteiger partial charge in [0.15, 0.2) is 0 Å². The maximum absolute atomic E-state index is 4.80. The van der Waals surface area contributed by atoms with Crippen molar-refractivity contribution in [3.63, 3.8) is 0 Å². The van der Waals surface area contributed by atoms with E-state index < -0.39 is 0 Å². The summed E-state index contributed by atoms with van der Waals surface area (Å²) in [7, 11) is 0. The Morgan fingerprint density at radius 2 is 1.76 bits per heavy atom. The molecule has 2 aromatic heterocycles. The monoisotopic (exact) mass is 440 g/mol. The summed E-state index contributed by atoms with van der Waals surface area (Å²) in [5.74, 6) is 2.40. The smallest absolute Gasteiger partial charge is 0.224 e. The Bertz CT molecular complexity index is 1150. The number of rotatable bonds is 8. The van der Waals surface area contributed by atoms with Gasteiger partial charge in [-0.05, 0) is 47.6 Å². The highest BCUT2D eigenvalue weighted by atomic mass is 15.5. The van der Waals surface area contributed by atoms with Crippen molar-refractivity contribution in [2.45, 2.75) is 38.5 Å². The first-order valence-corrected chi connectivity index (χ1v) is 11.6. The fourth-order valence-corrected chi connectivity index (χ4v) is 4.37. The van der Waals surface area contributed by atoms with Crippen molar-refractivity contribution >= 4 is 17.5 Å². The number of para-hydroxylation sites is 1. The minimum atomic E-state index is 0.455. The van der Waals surface area contributed by atoms with E-state index in [4.69, 9.17) is 4.98 Å². The molecule has 0 atom stereocenters. The summed E-state index contributed by atoms with van der Waals surface area (Å²) < 4.78 is 0. The Hall–Kier alpha value is -3.81. The van der Waals surface area contributed by atoms with Crippen molar-refractivity contribution in [2.75, 3.05) is 17.2 Å². The van der Waals surface area contributed by atoms with Gasteiger partial charge in [0.2, 0.25) is 11.8 Å². The number of hydrogen-bond acceptors (Lipinski definition) is 7. The summed E-state index contributed by atoms with van der Waals surface area (Å²) in [5, 5.41) is 21.5. The molecule has 2 heterocycles. The van der Waals surface area contributed by atoms with Gasteiger partial charge >= 0.3 is 0 Å². The quantitative estimate of drug-likeness (QED) is 0.355. The number of H-pyrrole nitrogens is 1. The molecule has 1 saturated carbocycles. The third kappa shape index (κ3) is 5.34. The summed E-state index contributed by atoms with van der Waals surface area (Å²) in [6, 6.07) is 18.7. The van der Waals surface area contributed by atoms with Gasteiger partial charge < -0.3 is 10.6 Å². The van der Waals surface area contributed by atoms with Gasteiger partial charge in [-0.1, -0.05) is 67.8 Å². The van der Waals surface area contributed by atoms with Crippen LogP contribution in [-0.4, -0.2) is 37.1 Å². The molecule has 4 aromatic rings. The van der Waals surface area contributed by atoms with Gasteiger partial charge in [0.25, 0.3) is 0 Å². The zero-order valence-electron chi connectivity index (χ0n) is 18.5. The highest BCUT2D eigenvalue weighted by molar-refractivity contribution is 5.75. The molecule has 3 N–H and O–H groups in total. The van der Waals surface area contributed by atoms with E-state index in [1.807, 2.05) is 12.1 Å². The van der Waals surface area contributed by atoms with E-state index in [-0.39, 0.29) is 0 Å². The first-order valence-electron chi connectivity index (χ1n) is 11.6. The fraction of sp³-hybridized carbons (Fsp3) is 0.320. The number of tetrazole rings is 1. The third-order valence-corrected chi connectivity index (χ3v) is 6.16. The van der Waals surface area contributed by atoms with Gasteiger partial charge in [-0.2, -0.15) is 10.2 Å². The molecule has 0 saturated heterocycles. The van der Waals surface area contributed by atoms with Gasteiger partial charge in [-0.25, -0.2) is 4.98 Å². The van der Waals surface area contributed by atoms with Crippen LogP contribution in [0.5, 0.6) is 0 Å². The van der Waals surface area contributed by atoms with E-state index >= 15 is 0 Å². The molecule has 0 aliphatic heterocycles. The molecular weight excluding hydrogens is 412 g/mol. The second-order valence-corrected chi connectivity index (χ2v) is 8.52. The van der Waals surface area contributed by atoms with Gasteiger partial charge in [0, 0.05) is 18.4 Å². The molecule has 5 rings (SSSR count). The fourth-order valence-electron chi connectivity index (χ4n) is 4.37. The molecule has 33 heavy (non-hydrogen) atoms. The minimum absolute atomic E-state index is 0.455. The molecule has 0 radical (unpaired) electrons. The topological polar surface area (TPSA) is 104 Å². The molecule has 0 bridgehead atoms. The molecule has 2 aromatic carbocycles. The number of nitrogens with one attached hydrogen (secondary N) is 3. The van der Waals surface area contributed by atoms with Crippen LogP contribution in [0.4, 0.5) is 17.5 Å². The summed E-state index contributed by atoms with van der Waals surface area (Å²) in [5.41, 5.74) is 4.12. The van der Waals surface area contributed by atoms with Crippen LogP contribution in [0.3, 0.4) is 0 Å². The van der Waals surface area contributed by atoms with Crippen LogP contribution in [0, 0.1) is 5.92 Å². The van der Waals surface area contributed by atoms with E-state index in [0.29, 0.717) is 29.1 Å². The highest BCUT2D eigenvalue weighted by Crippen LogP contribution is 2.29. The number of nitrogens with zero attached hydrogens (tertiary/aromatic N) is 5. The van der Waals surface area contributed by atoms with Gasteiger partial charge in [0.1, 0.15) is 5.82 Å². The van der Waals surface area contributed by atoms with Gasteiger partial charge in [-0.3, -0.25) is 0 Å². The summed E-state index contributed by atoms with van der Waals surface area (Å²) in [6.07, 6.45) is 9.09. The van der Waals surface area contributed by atoms with Crippen LogP contribution in [-0.2, 0) is 6.42 Å². The number of anilines is 3. The van der Waals surface area contributed by atoms with Crippen LogP contribution < -0.4 is 10.6 Å². The third-order valence-electron chi connectivity index (χ3n) is 6.16. The second-order valence-electron chi connectivity index (χ2n) is 8.52. The van der Waals surface area contributed by atoms with E-state index in [9.17, 15) is 0 Å². The standard InChI is InChI=1S/C25H28N8/c1-3-9-18(10-4-1)15-20-13-7-8-14-22(20)28-23-21(24-30-32-33-31-24)17-27-25(29-23)26-16-19-11-5-2-6-12-19/h1,3-4,7-10,13-14,17,19H,2,5-6,11-12,15-16H2,(H2,26,27,28,29)(H,30,31,32,33). The highest BCUT2D eigenvalue weighted by Gasteiger charge is 2.17. The Balaban J connectivity index is 1.41. The molecule has 1 aliphatic carbocycles. The molecule has 0 spiro atoms. The van der Waals surface area contributed by atoms with Crippen LogP contribution in [0.25, 0.3) is 11.4 Å². The Morgan fingerprint density at radius 1 is 0.939 bits per heavy atom. The molecule has 8 heteroatoms. The van der Waals surface area contributed by atoms with Crippen LogP contribution in [0.15, 0.2) is 60.8 Å². The molecular formula is C25H28N8. The lowest BCUT2D eigenvalue weighted by Gasteiger charge is -2.22. The zero-order valence-corrected chi connectivity index (χ0v) is 18.5. The zero-order chi connectivity index (χ0) is 22.3. The largest absolute Gasteiger partial charge is 0.354 e. The van der Waals surface area contributed by atoms with E-state index in [1.54, 1.807) is 6.20 Å². The molecule has 8 nitrogen and oxygen atoms in total. The molecule has 0 amide bonds. The predicted molar refractivity (Wildman–Crippen MR) is 129 cm³/mol. The lowest BCUT2D eigenvalue weighted by molar-refractivity contribution is 0.373. The Kier molecular flexibility index (Phi) is 6.51. The lowest BCUT2D eigenvalue weighted by Crippen LogP contribution is -2.18.